The Morgan fingerprint density at radius 1 is 1.44 bits per heavy atom. The van der Waals surface area contributed by atoms with Gasteiger partial charge in [0.05, 0.1) is 6.54 Å². The Bertz CT molecular complexity index is 250. The quantitative estimate of drug-likeness (QED) is 0.627. The Kier molecular flexibility index (Phi) is 5.21. The topological polar surface area (TPSA) is 84.7 Å². The molecule has 3 N–H and O–H groups in total. The van der Waals surface area contributed by atoms with Crippen LogP contribution in [0.3, 0.4) is 0 Å². The van der Waals surface area contributed by atoms with Crippen molar-refractivity contribution < 1.29 is 14.3 Å². The predicted molar refractivity (Wildman–Crippen MR) is 58.7 cm³/mol. The van der Waals surface area contributed by atoms with Gasteiger partial charge in [-0.2, -0.15) is 0 Å². The number of carbonyl (C=O) groups is 2. The fraction of sp³-hybridized carbons (Fsp3) is 0.800. The second-order valence-corrected chi connectivity index (χ2v) is 3.86. The standard InChI is InChI=1S/C10H19N3O3/c1-16-7-9(14)12-8-2-4-13(5-3-8)10(15)6-11/h8H,2-7,11H2,1H3,(H,12,14). The third-order valence-corrected chi connectivity index (χ3v) is 2.66. The van der Waals surface area contributed by atoms with E-state index in [1.54, 1.807) is 4.90 Å². The third kappa shape index (κ3) is 3.79. The van der Waals surface area contributed by atoms with Crippen LogP contribution in [0, 0.1) is 0 Å². The second-order valence-electron chi connectivity index (χ2n) is 3.86. The van der Waals surface area contributed by atoms with Crippen molar-refractivity contribution in [2.45, 2.75) is 18.9 Å². The molecule has 0 aromatic heterocycles. The van der Waals surface area contributed by atoms with Crippen molar-refractivity contribution in [1.82, 2.24) is 10.2 Å². The number of nitrogens with zero attached hydrogens (tertiary/aromatic N) is 1. The zero-order valence-corrected chi connectivity index (χ0v) is 9.57. The van der Waals surface area contributed by atoms with Gasteiger partial charge < -0.3 is 20.7 Å². The average molecular weight is 229 g/mol. The molecule has 0 aromatic rings. The molecule has 1 fully saturated rings. The molecule has 0 radical (unpaired) electrons. The summed E-state index contributed by atoms with van der Waals surface area (Å²) in [6.07, 6.45) is 1.56. The summed E-state index contributed by atoms with van der Waals surface area (Å²) in [6.45, 7) is 1.46. The molecule has 92 valence electrons. The van der Waals surface area contributed by atoms with Crippen LogP contribution in [-0.2, 0) is 14.3 Å². The number of amides is 2. The molecule has 1 rings (SSSR count). The maximum atomic E-state index is 11.3. The van der Waals surface area contributed by atoms with Gasteiger partial charge in [-0.3, -0.25) is 9.59 Å². The molecule has 0 atom stereocenters. The highest BCUT2D eigenvalue weighted by atomic mass is 16.5. The van der Waals surface area contributed by atoms with Gasteiger partial charge in [-0.15, -0.1) is 0 Å². The lowest BCUT2D eigenvalue weighted by molar-refractivity contribution is -0.131. The summed E-state index contributed by atoms with van der Waals surface area (Å²) in [5, 5.41) is 2.86. The van der Waals surface area contributed by atoms with Crippen molar-refractivity contribution in [2.75, 3.05) is 33.4 Å². The lowest BCUT2D eigenvalue weighted by atomic mass is 10.1. The lowest BCUT2D eigenvalue weighted by Crippen LogP contribution is -2.48. The molecule has 0 aromatic carbocycles. The first-order valence-electron chi connectivity index (χ1n) is 5.43. The predicted octanol–water partition coefficient (Wildman–Crippen LogP) is -1.30. The Balaban J connectivity index is 2.26. The van der Waals surface area contributed by atoms with Crippen LogP contribution in [0.2, 0.25) is 0 Å². The highest BCUT2D eigenvalue weighted by Crippen LogP contribution is 2.09. The molecule has 16 heavy (non-hydrogen) atoms. The number of nitrogens with two attached hydrogens (primary N) is 1. The van der Waals surface area contributed by atoms with Crippen molar-refractivity contribution >= 4 is 11.8 Å². The number of hydrogen-bond donors (Lipinski definition) is 2. The van der Waals surface area contributed by atoms with Crippen LogP contribution >= 0.6 is 0 Å². The van der Waals surface area contributed by atoms with Crippen LogP contribution in [0.5, 0.6) is 0 Å². The van der Waals surface area contributed by atoms with Crippen LogP contribution in [0.25, 0.3) is 0 Å². The fourth-order valence-corrected chi connectivity index (χ4v) is 1.80. The van der Waals surface area contributed by atoms with Crippen LogP contribution in [0.15, 0.2) is 0 Å². The fourth-order valence-electron chi connectivity index (χ4n) is 1.80. The van der Waals surface area contributed by atoms with Gasteiger partial charge in [-0.05, 0) is 12.8 Å². The first kappa shape index (κ1) is 12.9. The largest absolute Gasteiger partial charge is 0.375 e. The summed E-state index contributed by atoms with van der Waals surface area (Å²) in [6, 6.07) is 0.143. The number of carbonyl (C=O) groups excluding carboxylic acids is 2. The molecule has 6 nitrogen and oxygen atoms in total. The SMILES string of the molecule is COCC(=O)NC1CCN(C(=O)CN)CC1. The molecule has 0 unspecified atom stereocenters. The number of likely N-dealkylation sites (tertiary alicyclic amines) is 1. The minimum absolute atomic E-state index is 0.0262. The average Bonchev–Trinajstić information content (AvgIpc) is 2.29. The molecule has 0 aliphatic carbocycles. The third-order valence-electron chi connectivity index (χ3n) is 2.66. The molecule has 6 heteroatoms. The Hall–Kier alpha value is -1.14. The molecule has 0 spiro atoms. The highest BCUT2D eigenvalue weighted by Gasteiger charge is 2.22. The molecule has 0 bridgehead atoms. The van der Waals surface area contributed by atoms with Gasteiger partial charge >= 0.3 is 0 Å². The highest BCUT2D eigenvalue weighted by molar-refractivity contribution is 5.78. The van der Waals surface area contributed by atoms with E-state index in [1.165, 1.54) is 7.11 Å². The van der Waals surface area contributed by atoms with Crippen molar-refractivity contribution in [1.29, 1.82) is 0 Å². The Morgan fingerprint density at radius 2 is 2.06 bits per heavy atom. The van der Waals surface area contributed by atoms with E-state index in [2.05, 4.69) is 5.32 Å². The summed E-state index contributed by atoms with van der Waals surface area (Å²) in [5.41, 5.74) is 5.28. The minimum Gasteiger partial charge on any atom is -0.375 e. The van der Waals surface area contributed by atoms with Gasteiger partial charge in [-0.25, -0.2) is 0 Å². The van der Waals surface area contributed by atoms with Gasteiger partial charge in [0, 0.05) is 26.2 Å². The van der Waals surface area contributed by atoms with Crippen LogP contribution in [0.1, 0.15) is 12.8 Å². The van der Waals surface area contributed by atoms with Gasteiger partial charge in [0.2, 0.25) is 11.8 Å². The number of rotatable bonds is 4. The monoisotopic (exact) mass is 229 g/mol. The van der Waals surface area contributed by atoms with E-state index in [0.29, 0.717) is 13.1 Å². The maximum Gasteiger partial charge on any atom is 0.246 e. The number of ether oxygens (including phenoxy) is 1. The minimum atomic E-state index is -0.105. The van der Waals surface area contributed by atoms with Gasteiger partial charge in [0.15, 0.2) is 0 Å². The van der Waals surface area contributed by atoms with E-state index in [0.717, 1.165) is 12.8 Å². The van der Waals surface area contributed by atoms with Crippen LogP contribution < -0.4 is 11.1 Å². The molecule has 1 saturated heterocycles. The summed E-state index contributed by atoms with van der Waals surface area (Å²) in [5.74, 6) is -0.132. The smallest absolute Gasteiger partial charge is 0.246 e. The van der Waals surface area contributed by atoms with E-state index in [-0.39, 0.29) is 31.0 Å². The van der Waals surface area contributed by atoms with E-state index in [9.17, 15) is 9.59 Å². The van der Waals surface area contributed by atoms with Crippen molar-refractivity contribution in [2.24, 2.45) is 5.73 Å². The zero-order valence-electron chi connectivity index (χ0n) is 9.57. The number of hydrogen-bond acceptors (Lipinski definition) is 4. The molecule has 1 aliphatic heterocycles. The molecular formula is C10H19N3O3. The number of piperidine rings is 1. The normalized spacial score (nSPS) is 17.2. The molecule has 0 saturated carbocycles. The van der Waals surface area contributed by atoms with E-state index in [1.807, 2.05) is 0 Å². The van der Waals surface area contributed by atoms with E-state index >= 15 is 0 Å². The lowest BCUT2D eigenvalue weighted by Gasteiger charge is -2.32. The first-order chi connectivity index (χ1) is 7.67. The maximum absolute atomic E-state index is 11.3. The molecule has 1 aliphatic rings. The second kappa shape index (κ2) is 6.44. The van der Waals surface area contributed by atoms with Gasteiger partial charge in [0.25, 0.3) is 0 Å². The summed E-state index contributed by atoms with van der Waals surface area (Å²) >= 11 is 0. The van der Waals surface area contributed by atoms with Crippen molar-refractivity contribution in [3.05, 3.63) is 0 Å². The molecular weight excluding hydrogens is 210 g/mol. The van der Waals surface area contributed by atoms with Crippen molar-refractivity contribution in [3.63, 3.8) is 0 Å². The number of methoxy groups -OCH3 is 1. The van der Waals surface area contributed by atoms with Gasteiger partial charge in [-0.1, -0.05) is 0 Å². The Labute approximate surface area is 95.1 Å². The number of nitrogens with one attached hydrogen (secondary N) is 1. The molecule has 2 amide bonds. The summed E-state index contributed by atoms with van der Waals surface area (Å²) < 4.78 is 4.73. The van der Waals surface area contributed by atoms with Gasteiger partial charge in [0.1, 0.15) is 6.61 Å². The Morgan fingerprint density at radius 3 is 2.56 bits per heavy atom. The van der Waals surface area contributed by atoms with Crippen LogP contribution in [-0.4, -0.2) is 56.1 Å². The first-order valence-corrected chi connectivity index (χ1v) is 5.43. The zero-order chi connectivity index (χ0) is 12.0. The molecule has 1 heterocycles. The van der Waals surface area contributed by atoms with Crippen LogP contribution in [0.4, 0.5) is 0 Å². The van der Waals surface area contributed by atoms with Crippen molar-refractivity contribution in [3.8, 4) is 0 Å². The summed E-state index contributed by atoms with van der Waals surface area (Å²) in [4.78, 5) is 24.3. The van der Waals surface area contributed by atoms with E-state index in [4.69, 9.17) is 10.5 Å². The summed E-state index contributed by atoms with van der Waals surface area (Å²) in [7, 11) is 1.49. The van der Waals surface area contributed by atoms with E-state index < -0.39 is 0 Å².